The van der Waals surface area contributed by atoms with Crippen molar-refractivity contribution >= 4 is 11.3 Å². The van der Waals surface area contributed by atoms with Crippen LogP contribution in [0.1, 0.15) is 36.9 Å². The summed E-state index contributed by atoms with van der Waals surface area (Å²) in [7, 11) is 0. The van der Waals surface area contributed by atoms with E-state index in [4.69, 9.17) is 4.74 Å². The fraction of sp³-hybridized carbons (Fsp3) is 0.750. The zero-order chi connectivity index (χ0) is 11.2. The van der Waals surface area contributed by atoms with Gasteiger partial charge >= 0.3 is 0 Å². The van der Waals surface area contributed by atoms with E-state index in [1.54, 1.807) is 11.3 Å². The Morgan fingerprint density at radius 1 is 1.62 bits per heavy atom. The number of rotatable bonds is 5. The highest BCUT2D eigenvalue weighted by atomic mass is 32.1. The van der Waals surface area contributed by atoms with E-state index in [0.29, 0.717) is 12.7 Å². The van der Waals surface area contributed by atoms with Gasteiger partial charge in [-0.3, -0.25) is 0 Å². The molecule has 1 fully saturated rings. The smallest absolute Gasteiger partial charge is 0.0929 e. The molecule has 0 spiro atoms. The number of ether oxygens (including phenoxy) is 1. The average molecular weight is 240 g/mol. The molecule has 0 saturated carbocycles. The van der Waals surface area contributed by atoms with Gasteiger partial charge in [0.1, 0.15) is 0 Å². The maximum atomic E-state index is 5.84. The Labute approximate surface area is 101 Å². The van der Waals surface area contributed by atoms with E-state index in [2.05, 4.69) is 22.6 Å². The predicted molar refractivity (Wildman–Crippen MR) is 66.8 cm³/mol. The molecule has 1 aliphatic heterocycles. The van der Waals surface area contributed by atoms with Crippen molar-refractivity contribution in [3.8, 4) is 0 Å². The Kier molecular flexibility index (Phi) is 4.75. The second kappa shape index (κ2) is 6.33. The lowest BCUT2D eigenvalue weighted by Gasteiger charge is -2.22. The van der Waals surface area contributed by atoms with Crippen molar-refractivity contribution in [2.45, 2.75) is 45.3 Å². The lowest BCUT2D eigenvalue weighted by Crippen LogP contribution is -2.35. The van der Waals surface area contributed by atoms with Gasteiger partial charge in [0.15, 0.2) is 0 Å². The molecule has 0 unspecified atom stereocenters. The molecule has 1 N–H and O–H groups in total. The van der Waals surface area contributed by atoms with Gasteiger partial charge in [0.25, 0.3) is 0 Å². The summed E-state index contributed by atoms with van der Waals surface area (Å²) >= 11 is 1.75. The number of piperidine rings is 1. The van der Waals surface area contributed by atoms with Gasteiger partial charge in [-0.2, -0.15) is 0 Å². The van der Waals surface area contributed by atoms with E-state index < -0.39 is 0 Å². The van der Waals surface area contributed by atoms with Gasteiger partial charge in [0.2, 0.25) is 0 Å². The van der Waals surface area contributed by atoms with Crippen LogP contribution in [0.2, 0.25) is 0 Å². The van der Waals surface area contributed by atoms with E-state index >= 15 is 0 Å². The first-order valence-electron chi connectivity index (χ1n) is 6.14. The van der Waals surface area contributed by atoms with Gasteiger partial charge < -0.3 is 10.1 Å². The Balaban J connectivity index is 1.75. The van der Waals surface area contributed by atoms with E-state index in [1.807, 2.05) is 0 Å². The third-order valence-electron chi connectivity index (χ3n) is 2.78. The summed E-state index contributed by atoms with van der Waals surface area (Å²) < 4.78 is 5.84. The summed E-state index contributed by atoms with van der Waals surface area (Å²) in [5, 5.41) is 6.72. The maximum Gasteiger partial charge on any atom is 0.0929 e. The molecule has 4 heteroatoms. The molecule has 1 aliphatic rings. The van der Waals surface area contributed by atoms with Crippen molar-refractivity contribution in [1.82, 2.24) is 10.3 Å². The van der Waals surface area contributed by atoms with Crippen molar-refractivity contribution in [2.75, 3.05) is 13.1 Å². The minimum atomic E-state index is 0.380. The second-order valence-electron chi connectivity index (χ2n) is 4.26. The monoisotopic (exact) mass is 240 g/mol. The molecule has 16 heavy (non-hydrogen) atoms. The molecule has 1 saturated heterocycles. The zero-order valence-electron chi connectivity index (χ0n) is 9.87. The molecular weight excluding hydrogens is 220 g/mol. The van der Waals surface area contributed by atoms with E-state index in [1.165, 1.54) is 24.3 Å². The van der Waals surface area contributed by atoms with Crippen LogP contribution in [0.25, 0.3) is 0 Å². The number of aromatic nitrogens is 1. The highest BCUT2D eigenvalue weighted by Crippen LogP contribution is 2.14. The van der Waals surface area contributed by atoms with Gasteiger partial charge in [-0.25, -0.2) is 4.98 Å². The standard InChI is InChI=1S/C12H20N2OS/c1-2-4-12-14-10(9-16-12)8-15-11-5-3-6-13-7-11/h9,11,13H,2-8H2,1H3/t11-/m0/s1. The average Bonchev–Trinajstić information content (AvgIpc) is 2.76. The first-order valence-corrected chi connectivity index (χ1v) is 7.02. The SMILES string of the molecule is CCCc1nc(CO[C@H]2CCCNC2)cs1. The van der Waals surface area contributed by atoms with E-state index in [9.17, 15) is 0 Å². The number of thiazole rings is 1. The molecule has 1 atom stereocenters. The number of hydrogen-bond donors (Lipinski definition) is 1. The fourth-order valence-corrected chi connectivity index (χ4v) is 2.79. The van der Waals surface area contributed by atoms with E-state index in [0.717, 1.165) is 25.2 Å². The normalized spacial score (nSPS) is 21.2. The lowest BCUT2D eigenvalue weighted by atomic mass is 10.1. The van der Waals surface area contributed by atoms with Crippen LogP contribution < -0.4 is 5.32 Å². The number of hydrogen-bond acceptors (Lipinski definition) is 4. The fourth-order valence-electron chi connectivity index (χ4n) is 1.91. The van der Waals surface area contributed by atoms with Crippen molar-refractivity contribution in [1.29, 1.82) is 0 Å². The molecule has 1 aromatic heterocycles. The molecule has 0 aliphatic carbocycles. The summed E-state index contributed by atoms with van der Waals surface area (Å²) in [6.45, 7) is 4.99. The first kappa shape index (κ1) is 12.0. The van der Waals surface area contributed by atoms with E-state index in [-0.39, 0.29) is 0 Å². The third-order valence-corrected chi connectivity index (χ3v) is 3.74. The van der Waals surface area contributed by atoms with Gasteiger partial charge in [0, 0.05) is 11.9 Å². The quantitative estimate of drug-likeness (QED) is 0.858. The van der Waals surface area contributed by atoms with Gasteiger partial charge in [-0.05, 0) is 32.2 Å². The Hall–Kier alpha value is -0.450. The van der Waals surface area contributed by atoms with Crippen LogP contribution in [0.5, 0.6) is 0 Å². The van der Waals surface area contributed by atoms with Crippen molar-refractivity contribution in [3.63, 3.8) is 0 Å². The van der Waals surface area contributed by atoms with Gasteiger partial charge in [-0.15, -0.1) is 11.3 Å². The number of nitrogens with zero attached hydrogens (tertiary/aromatic N) is 1. The maximum absolute atomic E-state index is 5.84. The van der Waals surface area contributed by atoms with Crippen LogP contribution in [0, 0.1) is 0 Å². The molecule has 1 aromatic rings. The highest BCUT2D eigenvalue weighted by Gasteiger charge is 2.13. The number of aryl methyl sites for hydroxylation is 1. The van der Waals surface area contributed by atoms with Crippen molar-refractivity contribution in [3.05, 3.63) is 16.1 Å². The van der Waals surface area contributed by atoms with Crippen LogP contribution in [0.3, 0.4) is 0 Å². The minimum Gasteiger partial charge on any atom is -0.371 e. The summed E-state index contributed by atoms with van der Waals surface area (Å²) in [4.78, 5) is 4.56. The molecule has 90 valence electrons. The molecule has 2 rings (SSSR count). The summed E-state index contributed by atoms with van der Waals surface area (Å²) in [5.41, 5.74) is 1.10. The third kappa shape index (κ3) is 3.54. The Morgan fingerprint density at radius 3 is 3.31 bits per heavy atom. The predicted octanol–water partition coefficient (Wildman–Crippen LogP) is 2.36. The Morgan fingerprint density at radius 2 is 2.56 bits per heavy atom. The summed E-state index contributed by atoms with van der Waals surface area (Å²) in [5.74, 6) is 0. The lowest BCUT2D eigenvalue weighted by molar-refractivity contribution is 0.0238. The van der Waals surface area contributed by atoms with Crippen LogP contribution in [-0.4, -0.2) is 24.2 Å². The highest BCUT2D eigenvalue weighted by molar-refractivity contribution is 7.09. The largest absolute Gasteiger partial charge is 0.371 e. The Bertz CT molecular complexity index is 308. The van der Waals surface area contributed by atoms with Gasteiger partial charge in [-0.1, -0.05) is 6.92 Å². The first-order chi connectivity index (χ1) is 7.88. The molecule has 0 amide bonds. The van der Waals surface area contributed by atoms with Crippen LogP contribution in [0.4, 0.5) is 0 Å². The molecule has 2 heterocycles. The zero-order valence-corrected chi connectivity index (χ0v) is 10.7. The minimum absolute atomic E-state index is 0.380. The molecule has 0 aromatic carbocycles. The van der Waals surface area contributed by atoms with Crippen molar-refractivity contribution in [2.24, 2.45) is 0 Å². The molecule has 3 nitrogen and oxygen atoms in total. The summed E-state index contributed by atoms with van der Waals surface area (Å²) in [6, 6.07) is 0. The second-order valence-corrected chi connectivity index (χ2v) is 5.20. The number of nitrogens with one attached hydrogen (secondary N) is 1. The van der Waals surface area contributed by atoms with Crippen LogP contribution >= 0.6 is 11.3 Å². The molecular formula is C12H20N2OS. The van der Waals surface area contributed by atoms with Crippen LogP contribution in [-0.2, 0) is 17.8 Å². The van der Waals surface area contributed by atoms with Crippen LogP contribution in [0.15, 0.2) is 5.38 Å². The topological polar surface area (TPSA) is 34.1 Å². The molecule has 0 radical (unpaired) electrons. The van der Waals surface area contributed by atoms with Gasteiger partial charge in [0.05, 0.1) is 23.4 Å². The van der Waals surface area contributed by atoms with Crippen molar-refractivity contribution < 1.29 is 4.74 Å². The molecule has 0 bridgehead atoms. The summed E-state index contributed by atoms with van der Waals surface area (Å²) in [6.07, 6.45) is 5.04.